The van der Waals surface area contributed by atoms with Crippen molar-refractivity contribution in [3.8, 4) is 0 Å². The molecule has 2 aliphatic rings. The summed E-state index contributed by atoms with van der Waals surface area (Å²) in [5, 5.41) is 0. The summed E-state index contributed by atoms with van der Waals surface area (Å²) in [6.07, 6.45) is 6.29. The van der Waals surface area contributed by atoms with E-state index >= 15 is 0 Å². The highest BCUT2D eigenvalue weighted by molar-refractivity contribution is 7.87. The topological polar surface area (TPSA) is 86.7 Å². The molecule has 6 aromatic carbocycles. The molecule has 8 rings (SSSR count). The summed E-state index contributed by atoms with van der Waals surface area (Å²) in [5.41, 5.74) is 7.41. The van der Waals surface area contributed by atoms with E-state index in [9.17, 15) is 16.8 Å². The minimum absolute atomic E-state index is 0.162. The van der Waals surface area contributed by atoms with Gasteiger partial charge in [0, 0.05) is 22.3 Å². The van der Waals surface area contributed by atoms with Gasteiger partial charge < -0.3 is 8.37 Å². The van der Waals surface area contributed by atoms with E-state index in [2.05, 4.69) is 0 Å². The lowest BCUT2D eigenvalue weighted by Crippen LogP contribution is -2.08. The molecule has 0 aliphatic heterocycles. The quantitative estimate of drug-likeness (QED) is 0.0619. The second-order valence-electron chi connectivity index (χ2n) is 15.1. The minimum Gasteiger partial charge on any atom is -0.378 e. The predicted molar refractivity (Wildman–Crippen MR) is 233 cm³/mol. The number of benzene rings is 6. The molecule has 0 N–H and O–H groups in total. The Morgan fingerprint density at radius 3 is 0.966 bits per heavy atom. The van der Waals surface area contributed by atoms with Crippen LogP contribution < -0.4 is 0 Å². The van der Waals surface area contributed by atoms with Crippen molar-refractivity contribution < 1.29 is 25.2 Å². The number of hydrogen-bond donors (Lipinski definition) is 0. The molecular formula is C50H48O6S2. The van der Waals surface area contributed by atoms with Gasteiger partial charge in [-0.2, -0.15) is 16.8 Å². The Balaban J connectivity index is 0.000000177. The van der Waals surface area contributed by atoms with Crippen molar-refractivity contribution in [2.24, 2.45) is 11.8 Å². The van der Waals surface area contributed by atoms with Crippen LogP contribution in [0, 0.1) is 25.7 Å². The Labute approximate surface area is 343 Å². The van der Waals surface area contributed by atoms with Crippen molar-refractivity contribution in [3.05, 3.63) is 203 Å². The maximum atomic E-state index is 13.1. The molecule has 0 radical (unpaired) electrons. The van der Waals surface area contributed by atoms with Gasteiger partial charge in [-0.05, 0) is 99.6 Å². The third kappa shape index (κ3) is 10.8. The fraction of sp³-hybridized carbons (Fsp3) is 0.200. The molecule has 2 fully saturated rings. The third-order valence-electron chi connectivity index (χ3n) is 10.2. The summed E-state index contributed by atoms with van der Waals surface area (Å²) >= 11 is 0. The first-order valence-corrected chi connectivity index (χ1v) is 22.6. The lowest BCUT2D eigenvalue weighted by atomic mass is 9.96. The third-order valence-corrected chi connectivity index (χ3v) is 12.7. The van der Waals surface area contributed by atoms with E-state index in [1.807, 2.05) is 135 Å². The molecule has 296 valence electrons. The lowest BCUT2D eigenvalue weighted by molar-refractivity contribution is 0.461. The maximum Gasteiger partial charge on any atom is 0.339 e. The zero-order chi connectivity index (χ0) is 40.5. The Morgan fingerprint density at radius 1 is 0.414 bits per heavy atom. The van der Waals surface area contributed by atoms with E-state index in [0.717, 1.165) is 57.4 Å². The van der Waals surface area contributed by atoms with Gasteiger partial charge >= 0.3 is 20.2 Å². The van der Waals surface area contributed by atoms with Crippen LogP contribution in [-0.2, 0) is 28.6 Å². The standard InChI is InChI=1S/2C25H24O3S/c2*1-19-12-16-23(17-13-19)29(26,27)28-25(22-10-6-3-7-11-22)24(18-20-14-15-20)21-8-4-2-5-9-21/h2*2-13,16-17,20H,14-15,18H2,1H3/b2*25-24+. The summed E-state index contributed by atoms with van der Waals surface area (Å²) in [6.45, 7) is 3.85. The highest BCUT2D eigenvalue weighted by Crippen LogP contribution is 2.43. The fourth-order valence-electron chi connectivity index (χ4n) is 6.63. The second-order valence-corrected chi connectivity index (χ2v) is 18.2. The van der Waals surface area contributed by atoms with E-state index in [4.69, 9.17) is 8.37 Å². The molecule has 58 heavy (non-hydrogen) atoms. The first-order chi connectivity index (χ1) is 28.1. The normalized spacial score (nSPS) is 14.9. The van der Waals surface area contributed by atoms with Gasteiger partial charge in [-0.1, -0.05) is 157 Å². The maximum absolute atomic E-state index is 13.1. The Bertz CT molecular complexity index is 2380. The van der Waals surface area contributed by atoms with Gasteiger partial charge in [0.25, 0.3) is 0 Å². The molecule has 0 heterocycles. The molecule has 0 amide bonds. The highest BCUT2D eigenvalue weighted by Gasteiger charge is 2.30. The first-order valence-electron chi connectivity index (χ1n) is 19.8. The van der Waals surface area contributed by atoms with Crippen molar-refractivity contribution in [2.75, 3.05) is 0 Å². The molecule has 0 bridgehead atoms. The number of rotatable bonds is 14. The SMILES string of the molecule is Cc1ccc(S(=O)(=O)O/C(=C(\CC2CC2)c2ccccc2)c2ccccc2)cc1.Cc1ccc(S(=O)(=O)O/C(=C(\CC2CC2)c2ccccc2)c2ccccc2)cc1. The molecule has 2 saturated carbocycles. The average molecular weight is 809 g/mol. The molecule has 6 aromatic rings. The second kappa shape index (κ2) is 18.3. The van der Waals surface area contributed by atoms with Gasteiger partial charge in [-0.25, -0.2) is 0 Å². The molecule has 0 unspecified atom stereocenters. The molecule has 2 aliphatic carbocycles. The van der Waals surface area contributed by atoms with E-state index in [-0.39, 0.29) is 9.79 Å². The zero-order valence-corrected chi connectivity index (χ0v) is 34.5. The molecule has 0 spiro atoms. The van der Waals surface area contributed by atoms with Gasteiger partial charge in [-0.15, -0.1) is 0 Å². The van der Waals surface area contributed by atoms with Crippen LogP contribution in [0.25, 0.3) is 22.7 Å². The Morgan fingerprint density at radius 2 is 0.690 bits per heavy atom. The van der Waals surface area contributed by atoms with Gasteiger partial charge in [0.2, 0.25) is 0 Å². The monoisotopic (exact) mass is 808 g/mol. The summed E-state index contributed by atoms with van der Waals surface area (Å²) in [6, 6.07) is 52.4. The first kappa shape index (κ1) is 40.5. The van der Waals surface area contributed by atoms with Gasteiger partial charge in [-0.3, -0.25) is 0 Å². The largest absolute Gasteiger partial charge is 0.378 e. The molecular weight excluding hydrogens is 761 g/mol. The zero-order valence-electron chi connectivity index (χ0n) is 32.8. The average Bonchev–Trinajstić information content (AvgIpc) is 4.20. The van der Waals surface area contributed by atoms with E-state index in [1.54, 1.807) is 48.5 Å². The molecule has 6 nitrogen and oxygen atoms in total. The van der Waals surface area contributed by atoms with Crippen molar-refractivity contribution in [1.29, 1.82) is 0 Å². The minimum atomic E-state index is -3.95. The van der Waals surface area contributed by atoms with Gasteiger partial charge in [0.15, 0.2) is 11.5 Å². The van der Waals surface area contributed by atoms with Crippen molar-refractivity contribution in [2.45, 2.75) is 62.2 Å². The summed E-state index contributed by atoms with van der Waals surface area (Å²) in [5.74, 6) is 2.00. The van der Waals surface area contributed by atoms with Crippen molar-refractivity contribution >= 4 is 42.9 Å². The molecule has 0 saturated heterocycles. The van der Waals surface area contributed by atoms with E-state index < -0.39 is 20.2 Å². The molecule has 0 atom stereocenters. The lowest BCUT2D eigenvalue weighted by Gasteiger charge is -2.17. The van der Waals surface area contributed by atoms with Crippen LogP contribution in [-0.4, -0.2) is 16.8 Å². The van der Waals surface area contributed by atoms with E-state index in [0.29, 0.717) is 23.4 Å². The van der Waals surface area contributed by atoms with Crippen molar-refractivity contribution in [1.82, 2.24) is 0 Å². The number of allylic oxidation sites excluding steroid dienone is 2. The Hall–Kier alpha value is -5.70. The summed E-state index contributed by atoms with van der Waals surface area (Å²) < 4.78 is 64.1. The van der Waals surface area contributed by atoms with Crippen LogP contribution in [0.4, 0.5) is 0 Å². The van der Waals surface area contributed by atoms with Crippen LogP contribution in [0.2, 0.25) is 0 Å². The number of hydrogen-bond acceptors (Lipinski definition) is 6. The van der Waals surface area contributed by atoms with Crippen LogP contribution in [0.3, 0.4) is 0 Å². The van der Waals surface area contributed by atoms with Crippen LogP contribution in [0.5, 0.6) is 0 Å². The summed E-state index contributed by atoms with van der Waals surface area (Å²) in [7, 11) is -7.90. The predicted octanol–water partition coefficient (Wildman–Crippen LogP) is 12.1. The molecule has 0 aromatic heterocycles. The van der Waals surface area contributed by atoms with Crippen LogP contribution in [0.15, 0.2) is 180 Å². The van der Waals surface area contributed by atoms with Gasteiger partial charge in [0.1, 0.15) is 9.79 Å². The highest BCUT2D eigenvalue weighted by atomic mass is 32.2. The smallest absolute Gasteiger partial charge is 0.339 e. The van der Waals surface area contributed by atoms with Crippen LogP contribution >= 0.6 is 0 Å². The fourth-order valence-corrected chi connectivity index (χ4v) is 8.60. The summed E-state index contributed by atoms with van der Waals surface area (Å²) in [4.78, 5) is 0.325. The molecule has 8 heteroatoms. The van der Waals surface area contributed by atoms with Crippen molar-refractivity contribution in [3.63, 3.8) is 0 Å². The van der Waals surface area contributed by atoms with Crippen LogP contribution in [0.1, 0.15) is 71.9 Å². The Kier molecular flexibility index (Phi) is 12.8. The van der Waals surface area contributed by atoms with E-state index in [1.165, 1.54) is 25.7 Å². The number of aryl methyl sites for hydroxylation is 2. The van der Waals surface area contributed by atoms with Gasteiger partial charge in [0.05, 0.1) is 0 Å².